The molecule has 4 heterocycles. The Balaban J connectivity index is 1.44. The summed E-state index contributed by atoms with van der Waals surface area (Å²) in [5, 5.41) is 6.01. The molecule has 4 aliphatic rings. The molecule has 0 bridgehead atoms. The Labute approximate surface area is 152 Å². The highest BCUT2D eigenvalue weighted by atomic mass is 32.1. The van der Waals surface area contributed by atoms with Gasteiger partial charge in [0.2, 0.25) is 0 Å². The number of rotatable bonds is 1. The van der Waals surface area contributed by atoms with Gasteiger partial charge in [-0.15, -0.1) is 11.3 Å². The van der Waals surface area contributed by atoms with Crippen LogP contribution >= 0.6 is 11.3 Å². The third kappa shape index (κ3) is 2.30. The summed E-state index contributed by atoms with van der Waals surface area (Å²) in [4.78, 5) is 6.04. The maximum absolute atomic E-state index is 7.68. The summed E-state index contributed by atoms with van der Waals surface area (Å²) in [5.74, 6) is 1.92. The maximum Gasteiger partial charge on any atom is 0.192 e. The Morgan fingerprint density at radius 3 is 3.25 bits per heavy atom. The summed E-state index contributed by atoms with van der Waals surface area (Å²) in [7, 11) is 0. The molecule has 128 valence electrons. The van der Waals surface area contributed by atoms with Gasteiger partial charge < -0.3 is 10.1 Å². The largest absolute Gasteiger partial charge is 0.472 e. The van der Waals surface area contributed by atoms with E-state index in [1.165, 1.54) is 28.0 Å². The van der Waals surface area contributed by atoms with Gasteiger partial charge in [-0.2, -0.15) is 0 Å². The number of hydrogen-bond acceptors (Lipinski definition) is 4. The minimum atomic E-state index is -2.09. The first kappa shape index (κ1) is 12.3. The van der Waals surface area contributed by atoms with Crippen LogP contribution in [0.15, 0.2) is 21.7 Å². The highest BCUT2D eigenvalue weighted by Crippen LogP contribution is 2.49. The van der Waals surface area contributed by atoms with Gasteiger partial charge in [0.25, 0.3) is 0 Å². The van der Waals surface area contributed by atoms with Crippen molar-refractivity contribution in [1.82, 2.24) is 5.32 Å². The summed E-state index contributed by atoms with van der Waals surface area (Å²) >= 11 is 1.88. The van der Waals surface area contributed by atoms with E-state index < -0.39 is 6.85 Å². The van der Waals surface area contributed by atoms with Gasteiger partial charge in [0.1, 0.15) is 5.76 Å². The van der Waals surface area contributed by atoms with Crippen molar-refractivity contribution in [2.75, 3.05) is 0 Å². The number of nitrogens with zero attached hydrogens (tertiary/aromatic N) is 1. The lowest BCUT2D eigenvalue weighted by molar-refractivity contribution is 0.127. The number of ether oxygens (including phenoxy) is 1. The number of aliphatic imine (C=N–C) groups is 1. The molecule has 4 heteroatoms. The van der Waals surface area contributed by atoms with Crippen molar-refractivity contribution in [3.8, 4) is 0 Å². The van der Waals surface area contributed by atoms with Crippen LogP contribution in [-0.2, 0) is 17.7 Å². The molecular weight excluding hydrogens is 316 g/mol. The monoisotopic (exact) mass is 345 g/mol. The minimum Gasteiger partial charge on any atom is -0.472 e. The number of aryl methyl sites for hydroxylation is 1. The van der Waals surface area contributed by atoms with Gasteiger partial charge in [-0.05, 0) is 68.0 Å². The zero-order valence-electron chi connectivity index (χ0n) is 17.1. The van der Waals surface area contributed by atoms with Gasteiger partial charge in [0, 0.05) is 45.5 Å². The Kier molecular flexibility index (Phi) is 2.91. The minimum absolute atomic E-state index is 0.287. The van der Waals surface area contributed by atoms with Crippen LogP contribution in [0.5, 0.6) is 0 Å². The lowest BCUT2D eigenvalue weighted by Crippen LogP contribution is -2.38. The number of hydrogen-bond donors (Lipinski definition) is 1. The SMILES string of the molecule is [2H]C([2H])([2H])C1=NC2OC3=C([C@H]4Cc5scc(C)c5CN4)CCCC3C2CC1. The van der Waals surface area contributed by atoms with Crippen LogP contribution < -0.4 is 5.32 Å². The van der Waals surface area contributed by atoms with E-state index in [-0.39, 0.29) is 6.23 Å². The molecule has 1 aliphatic carbocycles. The first-order valence-corrected chi connectivity index (χ1v) is 10.1. The third-order valence-electron chi connectivity index (χ3n) is 6.27. The zero-order valence-corrected chi connectivity index (χ0v) is 14.9. The van der Waals surface area contributed by atoms with Crippen molar-refractivity contribution in [1.29, 1.82) is 0 Å². The first-order valence-electron chi connectivity index (χ1n) is 10.7. The molecule has 1 N–H and O–H groups in total. The fraction of sp³-hybridized carbons (Fsp3) is 0.650. The van der Waals surface area contributed by atoms with Crippen LogP contribution in [-0.4, -0.2) is 18.0 Å². The van der Waals surface area contributed by atoms with Crippen LogP contribution in [0, 0.1) is 18.8 Å². The van der Waals surface area contributed by atoms with Gasteiger partial charge in [-0.3, -0.25) is 4.99 Å². The summed E-state index contributed by atoms with van der Waals surface area (Å²) in [6.45, 7) is 1.05. The van der Waals surface area contributed by atoms with Gasteiger partial charge in [-0.25, -0.2) is 0 Å². The molecule has 0 saturated carbocycles. The average molecular weight is 346 g/mol. The van der Waals surface area contributed by atoms with E-state index in [0.717, 1.165) is 38.0 Å². The molecule has 3 unspecified atom stereocenters. The quantitative estimate of drug-likeness (QED) is 0.821. The summed E-state index contributed by atoms with van der Waals surface area (Å²) in [5.41, 5.74) is 4.64. The van der Waals surface area contributed by atoms with Crippen LogP contribution in [0.2, 0.25) is 0 Å². The molecule has 0 aromatic carbocycles. The predicted molar refractivity (Wildman–Crippen MR) is 98.5 cm³/mol. The smallest absolute Gasteiger partial charge is 0.192 e. The van der Waals surface area contributed by atoms with E-state index in [0.29, 0.717) is 30.0 Å². The molecule has 0 spiro atoms. The Morgan fingerprint density at radius 1 is 1.38 bits per heavy atom. The van der Waals surface area contributed by atoms with Crippen LogP contribution in [0.1, 0.15) is 59.1 Å². The Bertz CT molecular complexity index is 826. The summed E-state index contributed by atoms with van der Waals surface area (Å²) < 4.78 is 29.4. The van der Waals surface area contributed by atoms with Gasteiger partial charge in [0.05, 0.1) is 0 Å². The molecule has 4 atom stereocenters. The van der Waals surface area contributed by atoms with Crippen LogP contribution in [0.25, 0.3) is 0 Å². The summed E-state index contributed by atoms with van der Waals surface area (Å²) in [6.07, 6.45) is 5.65. The normalized spacial score (nSPS) is 37.4. The van der Waals surface area contributed by atoms with Crippen molar-refractivity contribution in [3.63, 3.8) is 0 Å². The predicted octanol–water partition coefficient (Wildman–Crippen LogP) is 4.35. The molecular formula is C20H26N2OS. The molecule has 3 nitrogen and oxygen atoms in total. The second kappa shape index (κ2) is 5.70. The Morgan fingerprint density at radius 2 is 2.33 bits per heavy atom. The molecule has 24 heavy (non-hydrogen) atoms. The number of fused-ring (bicyclic) bond motifs is 4. The summed E-state index contributed by atoms with van der Waals surface area (Å²) in [6, 6.07) is 0.347. The fourth-order valence-corrected chi connectivity index (χ4v) is 6.09. The number of allylic oxidation sites excluding steroid dienone is 1. The average Bonchev–Trinajstić information content (AvgIpc) is 3.20. The van der Waals surface area contributed by atoms with Gasteiger partial charge in [0.15, 0.2) is 6.23 Å². The molecule has 1 aromatic rings. The second-order valence-electron chi connectivity index (χ2n) is 7.63. The van der Waals surface area contributed by atoms with Gasteiger partial charge in [-0.1, -0.05) is 0 Å². The molecule has 5 rings (SSSR count). The molecule has 0 amide bonds. The van der Waals surface area contributed by atoms with Gasteiger partial charge >= 0.3 is 0 Å². The molecule has 1 fully saturated rings. The standard InChI is InChI=1S/C20H26N2OS/c1-11-10-24-18-8-17(21-9-16(11)18)15-5-3-4-13-14-7-6-12(2)22-20(14)23-19(13)15/h10,13-14,17,20-21H,3-9H2,1-2H3/t13?,14?,17-,20?/m1/s1/i2D3. The van der Waals surface area contributed by atoms with E-state index in [1.54, 1.807) is 0 Å². The topological polar surface area (TPSA) is 33.6 Å². The number of nitrogens with one attached hydrogen (secondary N) is 1. The van der Waals surface area contributed by atoms with Crippen LogP contribution in [0.4, 0.5) is 0 Å². The number of thiophene rings is 1. The first-order chi connectivity index (χ1) is 12.9. The highest BCUT2D eigenvalue weighted by Gasteiger charge is 2.46. The van der Waals surface area contributed by atoms with E-state index in [2.05, 4.69) is 22.6 Å². The maximum atomic E-state index is 7.68. The van der Waals surface area contributed by atoms with Crippen molar-refractivity contribution in [2.45, 2.75) is 71.1 Å². The van der Waals surface area contributed by atoms with E-state index in [9.17, 15) is 0 Å². The van der Waals surface area contributed by atoms with E-state index in [4.69, 9.17) is 8.85 Å². The molecule has 3 aliphatic heterocycles. The third-order valence-corrected chi connectivity index (χ3v) is 7.44. The van der Waals surface area contributed by atoms with Crippen molar-refractivity contribution in [3.05, 3.63) is 32.7 Å². The van der Waals surface area contributed by atoms with Crippen molar-refractivity contribution in [2.24, 2.45) is 16.8 Å². The van der Waals surface area contributed by atoms with Crippen LogP contribution in [0.3, 0.4) is 0 Å². The fourth-order valence-electron chi connectivity index (χ4n) is 4.99. The Hall–Kier alpha value is -1.13. The lowest BCUT2D eigenvalue weighted by atomic mass is 9.76. The van der Waals surface area contributed by atoms with Crippen molar-refractivity contribution < 1.29 is 8.85 Å². The molecule has 1 aromatic heterocycles. The van der Waals surface area contributed by atoms with E-state index in [1.807, 2.05) is 11.3 Å². The molecule has 0 radical (unpaired) electrons. The zero-order chi connectivity index (χ0) is 18.8. The van der Waals surface area contributed by atoms with E-state index >= 15 is 0 Å². The highest BCUT2D eigenvalue weighted by molar-refractivity contribution is 7.10. The van der Waals surface area contributed by atoms with Crippen molar-refractivity contribution >= 4 is 17.0 Å². The molecule has 1 saturated heterocycles. The second-order valence-corrected chi connectivity index (χ2v) is 8.60. The lowest BCUT2D eigenvalue weighted by Gasteiger charge is -2.32.